The van der Waals surface area contributed by atoms with E-state index in [2.05, 4.69) is 15.2 Å². The Labute approximate surface area is 223 Å². The summed E-state index contributed by atoms with van der Waals surface area (Å²) in [4.78, 5) is 26.0. The molecule has 0 saturated heterocycles. The molecule has 1 aliphatic heterocycles. The van der Waals surface area contributed by atoms with Crippen LogP contribution in [0.2, 0.25) is 0 Å². The number of thiazole rings is 1. The molecule has 1 fully saturated rings. The van der Waals surface area contributed by atoms with Crippen LogP contribution >= 0.6 is 11.3 Å². The Bertz CT molecular complexity index is 1210. The van der Waals surface area contributed by atoms with Gasteiger partial charge in [0.2, 0.25) is 0 Å². The minimum Gasteiger partial charge on any atom is -0.467 e. The van der Waals surface area contributed by atoms with E-state index in [9.17, 15) is 4.79 Å². The van der Waals surface area contributed by atoms with Crippen molar-refractivity contribution in [3.63, 3.8) is 0 Å². The second-order valence-electron chi connectivity index (χ2n) is 11.0. The fraction of sp³-hybridized carbons (Fsp3) is 0.552. The molecule has 2 aromatic heterocycles. The fourth-order valence-electron chi connectivity index (χ4n) is 5.30. The van der Waals surface area contributed by atoms with Crippen LogP contribution in [0.4, 0.5) is 0 Å². The van der Waals surface area contributed by atoms with Crippen molar-refractivity contribution in [3.05, 3.63) is 52.7 Å². The minimum absolute atomic E-state index is 0.0172. The highest BCUT2D eigenvalue weighted by atomic mass is 32.1. The summed E-state index contributed by atoms with van der Waals surface area (Å²) >= 11 is 1.69. The zero-order valence-electron chi connectivity index (χ0n) is 22.2. The van der Waals surface area contributed by atoms with Crippen molar-refractivity contribution >= 4 is 28.1 Å². The fourth-order valence-corrected chi connectivity index (χ4v) is 6.21. The molecule has 1 saturated carbocycles. The maximum absolute atomic E-state index is 13.0. The molecular weight excluding hydrogens is 484 g/mol. The summed E-state index contributed by atoms with van der Waals surface area (Å²) in [6.45, 7) is 7.65. The van der Waals surface area contributed by atoms with E-state index in [0.717, 1.165) is 66.5 Å². The van der Waals surface area contributed by atoms with Crippen LogP contribution < -0.4 is 10.1 Å². The molecule has 5 rings (SSSR count). The number of carbonyl (C=O) groups is 1. The van der Waals surface area contributed by atoms with Gasteiger partial charge in [0.1, 0.15) is 6.61 Å². The van der Waals surface area contributed by atoms with Crippen molar-refractivity contribution in [2.75, 3.05) is 26.8 Å². The molecule has 0 spiro atoms. The third-order valence-electron chi connectivity index (χ3n) is 7.81. The van der Waals surface area contributed by atoms with Crippen molar-refractivity contribution in [1.29, 1.82) is 0 Å². The summed E-state index contributed by atoms with van der Waals surface area (Å²) in [5, 5.41) is 4.96. The number of nitrogens with zero attached hydrogens (tertiary/aromatic N) is 3. The molecule has 37 heavy (non-hydrogen) atoms. The molecular formula is C29H38N4O3S. The Morgan fingerprint density at radius 2 is 2.03 bits per heavy atom. The summed E-state index contributed by atoms with van der Waals surface area (Å²) in [7, 11) is 1.71. The van der Waals surface area contributed by atoms with Gasteiger partial charge in [0.25, 0.3) is 11.1 Å². The van der Waals surface area contributed by atoms with Gasteiger partial charge in [-0.2, -0.15) is 0 Å². The van der Waals surface area contributed by atoms with Crippen LogP contribution in [0.5, 0.6) is 5.19 Å². The number of nitrogens with one attached hydrogen (secondary N) is 1. The molecule has 0 radical (unpaired) electrons. The van der Waals surface area contributed by atoms with Crippen LogP contribution in [0.25, 0.3) is 10.9 Å². The van der Waals surface area contributed by atoms with E-state index < -0.39 is 0 Å². The highest BCUT2D eigenvalue weighted by Gasteiger charge is 2.26. The number of fused-ring (bicyclic) bond motifs is 2. The topological polar surface area (TPSA) is 76.6 Å². The van der Waals surface area contributed by atoms with Gasteiger partial charge in [-0.05, 0) is 83.0 Å². The van der Waals surface area contributed by atoms with Gasteiger partial charge in [0.15, 0.2) is 0 Å². The summed E-state index contributed by atoms with van der Waals surface area (Å²) in [5.74, 6) is 0.741. The van der Waals surface area contributed by atoms with Crippen molar-refractivity contribution in [2.45, 2.75) is 70.6 Å². The van der Waals surface area contributed by atoms with E-state index in [1.807, 2.05) is 44.2 Å². The van der Waals surface area contributed by atoms with E-state index in [0.29, 0.717) is 6.61 Å². The SMILES string of the molecule is COC(C)(C)COc1nc2c(s1)CCN(CC[C@H]1CC[C@H](NC(=O)c3cccc4ncccc34)CC1)C2. The summed E-state index contributed by atoms with van der Waals surface area (Å²) < 4.78 is 11.4. The predicted molar refractivity (Wildman–Crippen MR) is 147 cm³/mol. The van der Waals surface area contributed by atoms with Gasteiger partial charge in [0, 0.05) is 48.3 Å². The van der Waals surface area contributed by atoms with Crippen molar-refractivity contribution in [1.82, 2.24) is 20.2 Å². The first-order chi connectivity index (χ1) is 17.9. The normalized spacial score (nSPS) is 20.5. The summed E-state index contributed by atoms with van der Waals surface area (Å²) in [6, 6.07) is 9.87. The number of pyridine rings is 1. The highest BCUT2D eigenvalue weighted by Crippen LogP contribution is 2.32. The summed E-state index contributed by atoms with van der Waals surface area (Å²) in [5.41, 5.74) is 2.44. The Balaban J connectivity index is 1.06. The molecule has 8 heteroatoms. The van der Waals surface area contributed by atoms with Crippen LogP contribution in [-0.4, -0.2) is 59.2 Å². The first-order valence-corrected chi connectivity index (χ1v) is 14.3. The lowest BCUT2D eigenvalue weighted by atomic mass is 9.84. The standard InChI is InChI=1S/C29H38N4O3S/c1-29(2,35-3)19-36-28-32-25-18-33(17-14-26(25)37-28)16-13-20-9-11-21(12-10-20)31-27(34)23-6-4-8-24-22(23)7-5-15-30-24/h4-8,15,20-21H,9-14,16-19H2,1-3H3,(H,31,34)/t20-,21-. The van der Waals surface area contributed by atoms with Crippen molar-refractivity contribution in [3.8, 4) is 5.19 Å². The van der Waals surface area contributed by atoms with Crippen LogP contribution in [0.15, 0.2) is 36.5 Å². The Hall–Kier alpha value is -2.55. The average molecular weight is 523 g/mol. The molecule has 0 bridgehead atoms. The lowest BCUT2D eigenvalue weighted by Gasteiger charge is -2.32. The number of amides is 1. The molecule has 198 valence electrons. The maximum Gasteiger partial charge on any atom is 0.273 e. The molecule has 1 aliphatic carbocycles. The largest absolute Gasteiger partial charge is 0.467 e. The number of carbonyl (C=O) groups excluding carboxylic acids is 1. The highest BCUT2D eigenvalue weighted by molar-refractivity contribution is 7.13. The van der Waals surface area contributed by atoms with Gasteiger partial charge in [0.05, 0.1) is 16.8 Å². The van der Waals surface area contributed by atoms with Gasteiger partial charge in [-0.1, -0.05) is 23.5 Å². The third-order valence-corrected chi connectivity index (χ3v) is 8.88. The quantitative estimate of drug-likeness (QED) is 0.415. The molecule has 3 heterocycles. The van der Waals surface area contributed by atoms with Gasteiger partial charge < -0.3 is 14.8 Å². The molecule has 3 aromatic rings. The van der Waals surface area contributed by atoms with E-state index in [-0.39, 0.29) is 17.6 Å². The van der Waals surface area contributed by atoms with Crippen LogP contribution in [0.3, 0.4) is 0 Å². The van der Waals surface area contributed by atoms with Crippen LogP contribution in [0.1, 0.15) is 66.9 Å². The smallest absolute Gasteiger partial charge is 0.273 e. The van der Waals surface area contributed by atoms with E-state index >= 15 is 0 Å². The van der Waals surface area contributed by atoms with Crippen molar-refractivity contribution in [2.24, 2.45) is 5.92 Å². The lowest BCUT2D eigenvalue weighted by molar-refractivity contribution is -0.0147. The lowest BCUT2D eigenvalue weighted by Crippen LogP contribution is -2.38. The number of hydrogen-bond donors (Lipinski definition) is 1. The second-order valence-corrected chi connectivity index (χ2v) is 12.0. The van der Waals surface area contributed by atoms with E-state index in [1.54, 1.807) is 24.6 Å². The first-order valence-electron chi connectivity index (χ1n) is 13.4. The van der Waals surface area contributed by atoms with Gasteiger partial charge in [-0.3, -0.25) is 14.7 Å². The van der Waals surface area contributed by atoms with Crippen LogP contribution in [0, 0.1) is 5.92 Å². The number of hydrogen-bond acceptors (Lipinski definition) is 7. The summed E-state index contributed by atoms with van der Waals surface area (Å²) in [6.07, 6.45) is 8.47. The minimum atomic E-state index is -0.312. The van der Waals surface area contributed by atoms with E-state index in [4.69, 9.17) is 14.5 Å². The van der Waals surface area contributed by atoms with Crippen LogP contribution in [-0.2, 0) is 17.7 Å². The van der Waals surface area contributed by atoms with Gasteiger partial charge >= 0.3 is 0 Å². The number of methoxy groups -OCH3 is 1. The number of benzene rings is 1. The molecule has 7 nitrogen and oxygen atoms in total. The molecule has 1 amide bonds. The zero-order valence-corrected chi connectivity index (χ0v) is 23.0. The second kappa shape index (κ2) is 11.5. The maximum atomic E-state index is 13.0. The van der Waals surface area contributed by atoms with Gasteiger partial charge in [-0.25, -0.2) is 4.98 Å². The Morgan fingerprint density at radius 1 is 1.19 bits per heavy atom. The van der Waals surface area contributed by atoms with Crippen molar-refractivity contribution < 1.29 is 14.3 Å². The molecule has 0 atom stereocenters. The zero-order chi connectivity index (χ0) is 25.8. The van der Waals surface area contributed by atoms with Gasteiger partial charge in [-0.15, -0.1) is 0 Å². The molecule has 2 aliphatic rings. The number of aromatic nitrogens is 2. The Morgan fingerprint density at radius 3 is 2.84 bits per heavy atom. The predicted octanol–water partition coefficient (Wildman–Crippen LogP) is 5.23. The molecule has 1 N–H and O–H groups in total. The molecule has 0 unspecified atom stereocenters. The van der Waals surface area contributed by atoms with E-state index in [1.165, 1.54) is 29.8 Å². The number of rotatable bonds is 9. The molecule has 1 aromatic carbocycles. The third kappa shape index (κ3) is 6.48. The average Bonchev–Trinajstić information content (AvgIpc) is 3.33. The Kier molecular flexibility index (Phi) is 8.07. The first kappa shape index (κ1) is 26.1. The monoisotopic (exact) mass is 522 g/mol. The number of ether oxygens (including phenoxy) is 2.